The largest absolute Gasteiger partial charge is 0.358 e. The summed E-state index contributed by atoms with van der Waals surface area (Å²) in [5.41, 5.74) is 0.582. The molecule has 0 aliphatic heterocycles. The van der Waals surface area contributed by atoms with E-state index in [9.17, 15) is 18.8 Å². The quantitative estimate of drug-likeness (QED) is 0.623. The third-order valence-corrected chi connectivity index (χ3v) is 3.73. The van der Waals surface area contributed by atoms with E-state index in [1.165, 1.54) is 4.90 Å². The Morgan fingerprint density at radius 2 is 1.92 bits per heavy atom. The highest BCUT2D eigenvalue weighted by atomic mass is 19.1. The molecule has 0 aromatic heterocycles. The molecular weight excluding hydrogens is 336 g/mol. The van der Waals surface area contributed by atoms with Gasteiger partial charge < -0.3 is 10.2 Å². The van der Waals surface area contributed by atoms with Crippen molar-refractivity contribution in [1.29, 1.82) is 5.26 Å². The number of carbonyl (C=O) groups is 1. The van der Waals surface area contributed by atoms with Crippen LogP contribution in [0.3, 0.4) is 0 Å². The maximum Gasteiger partial charge on any atom is 0.266 e. The number of amides is 1. The van der Waals surface area contributed by atoms with Crippen LogP contribution < -0.4 is 5.32 Å². The number of nitrogens with one attached hydrogen (secondary N) is 1. The molecule has 2 aromatic carbocycles. The number of benzene rings is 2. The minimum Gasteiger partial charge on any atom is -0.358 e. The van der Waals surface area contributed by atoms with Crippen molar-refractivity contribution in [3.63, 3.8) is 0 Å². The number of carbonyl (C=O) groups excluding carboxylic acids is 1. The number of hydrogen-bond acceptors (Lipinski definition) is 3. The predicted molar refractivity (Wildman–Crippen MR) is 95.8 cm³/mol. The van der Waals surface area contributed by atoms with Gasteiger partial charge in [-0.2, -0.15) is 5.26 Å². The summed E-state index contributed by atoms with van der Waals surface area (Å²) < 4.78 is 26.9. The fourth-order valence-electron chi connectivity index (χ4n) is 2.32. The first-order chi connectivity index (χ1) is 12.4. The van der Waals surface area contributed by atoms with Crippen LogP contribution in [0, 0.1) is 23.0 Å². The Balaban J connectivity index is 2.21. The van der Waals surface area contributed by atoms with E-state index >= 15 is 0 Å². The second-order valence-electron chi connectivity index (χ2n) is 5.95. The van der Waals surface area contributed by atoms with Crippen molar-refractivity contribution >= 4 is 11.6 Å². The van der Waals surface area contributed by atoms with Gasteiger partial charge in [0.25, 0.3) is 5.91 Å². The van der Waals surface area contributed by atoms with Crippen LogP contribution in [0.15, 0.2) is 60.3 Å². The number of nitrogens with zero attached hydrogens (tertiary/aromatic N) is 2. The van der Waals surface area contributed by atoms with Gasteiger partial charge in [0.05, 0.1) is 5.69 Å². The highest BCUT2D eigenvalue weighted by Crippen LogP contribution is 2.17. The van der Waals surface area contributed by atoms with Gasteiger partial charge in [0, 0.05) is 24.9 Å². The molecule has 2 aromatic rings. The number of hydrogen-bond donors (Lipinski definition) is 1. The summed E-state index contributed by atoms with van der Waals surface area (Å²) in [4.78, 5) is 14.3. The van der Waals surface area contributed by atoms with Gasteiger partial charge in [-0.05, 0) is 31.5 Å². The maximum absolute atomic E-state index is 13.7. The van der Waals surface area contributed by atoms with Crippen molar-refractivity contribution in [2.24, 2.45) is 0 Å². The molecule has 0 fully saturated rings. The topological polar surface area (TPSA) is 56.1 Å². The lowest BCUT2D eigenvalue weighted by atomic mass is 10.1. The van der Waals surface area contributed by atoms with Crippen molar-refractivity contribution < 1.29 is 13.6 Å². The predicted octanol–water partition coefficient (Wildman–Crippen LogP) is 4.22. The molecule has 1 N–H and O–H groups in total. The Morgan fingerprint density at radius 3 is 2.54 bits per heavy atom. The summed E-state index contributed by atoms with van der Waals surface area (Å²) in [5, 5.41) is 11.8. The molecule has 0 heterocycles. The Hall–Kier alpha value is -3.20. The zero-order valence-electron chi connectivity index (χ0n) is 14.5. The number of halogens is 2. The summed E-state index contributed by atoms with van der Waals surface area (Å²) in [6.45, 7) is 4.02. The van der Waals surface area contributed by atoms with E-state index in [0.29, 0.717) is 6.54 Å². The Bertz CT molecular complexity index is 842. The molecule has 0 saturated carbocycles. The van der Waals surface area contributed by atoms with E-state index in [4.69, 9.17) is 0 Å². The second kappa shape index (κ2) is 8.77. The molecule has 0 spiro atoms. The van der Waals surface area contributed by atoms with E-state index in [-0.39, 0.29) is 17.3 Å². The lowest BCUT2D eigenvalue weighted by molar-refractivity contribution is -0.129. The zero-order chi connectivity index (χ0) is 19.1. The summed E-state index contributed by atoms with van der Waals surface area (Å²) in [6, 6.07) is 14.0. The van der Waals surface area contributed by atoms with Crippen molar-refractivity contribution in [2.45, 2.75) is 26.4 Å². The molecule has 0 unspecified atom stereocenters. The average molecular weight is 355 g/mol. The molecule has 1 amide bonds. The van der Waals surface area contributed by atoms with Gasteiger partial charge in [0.15, 0.2) is 0 Å². The van der Waals surface area contributed by atoms with Crippen LogP contribution >= 0.6 is 0 Å². The summed E-state index contributed by atoms with van der Waals surface area (Å²) >= 11 is 0. The molecule has 134 valence electrons. The molecule has 0 bridgehead atoms. The smallest absolute Gasteiger partial charge is 0.266 e. The Kier molecular flexibility index (Phi) is 6.45. The maximum atomic E-state index is 13.7. The van der Waals surface area contributed by atoms with Crippen LogP contribution in [0.5, 0.6) is 0 Å². The van der Waals surface area contributed by atoms with Gasteiger partial charge in [-0.3, -0.25) is 4.79 Å². The van der Waals surface area contributed by atoms with E-state index in [2.05, 4.69) is 5.32 Å². The third kappa shape index (κ3) is 4.90. The van der Waals surface area contributed by atoms with Crippen molar-refractivity contribution in [3.05, 3.63) is 77.5 Å². The third-order valence-electron chi connectivity index (χ3n) is 3.73. The van der Waals surface area contributed by atoms with Gasteiger partial charge in [-0.15, -0.1) is 0 Å². The van der Waals surface area contributed by atoms with Crippen molar-refractivity contribution in [2.75, 3.05) is 5.32 Å². The first-order valence-corrected chi connectivity index (χ1v) is 8.09. The summed E-state index contributed by atoms with van der Waals surface area (Å²) in [5.74, 6) is -1.80. The van der Waals surface area contributed by atoms with Crippen LogP contribution in [0.1, 0.15) is 19.4 Å². The van der Waals surface area contributed by atoms with Crippen LogP contribution in [0.2, 0.25) is 0 Å². The van der Waals surface area contributed by atoms with E-state index in [0.717, 1.165) is 30.0 Å². The van der Waals surface area contributed by atoms with Gasteiger partial charge in [0.2, 0.25) is 0 Å². The van der Waals surface area contributed by atoms with Gasteiger partial charge in [-0.25, -0.2) is 8.78 Å². The van der Waals surface area contributed by atoms with Gasteiger partial charge >= 0.3 is 0 Å². The molecule has 0 radical (unpaired) electrons. The van der Waals surface area contributed by atoms with E-state index in [1.807, 2.05) is 50.2 Å². The van der Waals surface area contributed by atoms with Crippen molar-refractivity contribution in [3.8, 4) is 6.07 Å². The Morgan fingerprint density at radius 1 is 1.23 bits per heavy atom. The molecule has 0 saturated heterocycles. The minimum absolute atomic E-state index is 0.148. The number of anilines is 1. The first-order valence-electron chi connectivity index (χ1n) is 8.09. The lowest BCUT2D eigenvalue weighted by Gasteiger charge is -2.26. The Labute approximate surface area is 151 Å². The summed E-state index contributed by atoms with van der Waals surface area (Å²) in [6.07, 6.45) is 1.10. The molecule has 26 heavy (non-hydrogen) atoms. The molecule has 0 atom stereocenters. The van der Waals surface area contributed by atoms with Gasteiger partial charge in [-0.1, -0.05) is 30.3 Å². The lowest BCUT2D eigenvalue weighted by Crippen LogP contribution is -2.37. The molecule has 0 aliphatic rings. The SMILES string of the molecule is CC(C)N(Cc1ccccc1)C(=O)/C(C#N)=C\Nc1cc(F)ccc1F. The fraction of sp³-hybridized carbons (Fsp3) is 0.200. The number of rotatable bonds is 6. The van der Waals surface area contributed by atoms with Crippen LogP contribution in [0.4, 0.5) is 14.5 Å². The van der Waals surface area contributed by atoms with Crippen molar-refractivity contribution in [1.82, 2.24) is 4.90 Å². The van der Waals surface area contributed by atoms with Gasteiger partial charge in [0.1, 0.15) is 23.3 Å². The van der Waals surface area contributed by atoms with Crippen LogP contribution in [0.25, 0.3) is 0 Å². The zero-order valence-corrected chi connectivity index (χ0v) is 14.5. The summed E-state index contributed by atoms with van der Waals surface area (Å²) in [7, 11) is 0. The normalized spacial score (nSPS) is 11.2. The number of nitriles is 1. The molecule has 2 rings (SSSR count). The minimum atomic E-state index is -0.683. The van der Waals surface area contributed by atoms with Crippen LogP contribution in [-0.2, 0) is 11.3 Å². The molecule has 6 heteroatoms. The van der Waals surface area contributed by atoms with E-state index < -0.39 is 17.5 Å². The fourth-order valence-corrected chi connectivity index (χ4v) is 2.32. The molecule has 4 nitrogen and oxygen atoms in total. The molecule has 0 aliphatic carbocycles. The highest BCUT2D eigenvalue weighted by molar-refractivity contribution is 5.97. The highest BCUT2D eigenvalue weighted by Gasteiger charge is 2.21. The molecular formula is C20H19F2N3O. The standard InChI is InChI=1S/C20H19F2N3O/c1-14(2)25(13-15-6-4-3-5-7-15)20(26)16(11-23)12-24-19-10-17(21)8-9-18(19)22/h3-10,12,14,24H,13H2,1-2H3/b16-12-. The van der Waals surface area contributed by atoms with Crippen LogP contribution in [-0.4, -0.2) is 16.8 Å². The monoisotopic (exact) mass is 355 g/mol. The first kappa shape index (κ1) is 19.1. The second-order valence-corrected chi connectivity index (χ2v) is 5.95. The van der Waals surface area contributed by atoms with E-state index in [1.54, 1.807) is 0 Å². The average Bonchev–Trinajstić information content (AvgIpc) is 2.63.